The highest BCUT2D eigenvalue weighted by Crippen LogP contribution is 2.29. The Hall–Kier alpha value is -2.88. The second-order valence-corrected chi connectivity index (χ2v) is 14.5. The maximum atomic E-state index is 13.8. The van der Waals surface area contributed by atoms with E-state index in [1.807, 2.05) is 13.8 Å². The summed E-state index contributed by atoms with van der Waals surface area (Å²) >= 11 is 0. The van der Waals surface area contributed by atoms with E-state index in [0.717, 1.165) is 32.1 Å². The van der Waals surface area contributed by atoms with Crippen molar-refractivity contribution in [2.75, 3.05) is 32.9 Å². The molecule has 1 saturated carbocycles. The number of rotatable bonds is 18. The minimum Gasteiger partial charge on any atom is -0.460 e. The zero-order valence-electron chi connectivity index (χ0n) is 27.5. The van der Waals surface area contributed by atoms with E-state index in [4.69, 9.17) is 9.47 Å². The number of benzene rings is 1. The van der Waals surface area contributed by atoms with Crippen LogP contribution in [0.5, 0.6) is 0 Å². The minimum atomic E-state index is -4.15. The van der Waals surface area contributed by atoms with Crippen molar-refractivity contribution in [3.8, 4) is 0 Å². The highest BCUT2D eigenvalue weighted by molar-refractivity contribution is 7.87. The Kier molecular flexibility index (Phi) is 15.8. The maximum Gasteiger partial charge on any atom is 0.338 e. The van der Waals surface area contributed by atoms with Gasteiger partial charge in [-0.05, 0) is 36.7 Å². The number of carbonyl (C=O) groups is 3. The lowest BCUT2D eigenvalue weighted by Crippen LogP contribution is -2.61. The minimum absolute atomic E-state index is 0.0727. The molecule has 0 spiro atoms. The molecule has 1 heterocycles. The van der Waals surface area contributed by atoms with Crippen LogP contribution in [0.4, 0.5) is 0 Å². The van der Waals surface area contributed by atoms with Gasteiger partial charge in [-0.15, -0.1) is 0 Å². The Balaban J connectivity index is 1.87. The number of amides is 2. The standard InChI is InChI=1S/C33H52N4O9S/c1-4-17-46-33(42)29(32(41)34-26(21-24-11-7-5-8-12-24)30(39)28(38)20-23(2)3)35-31(40)27(22-25-13-9-6-10-14-25)36-47(43,44)37-15-18-45-19-16-37/h4,6,9-10,13-14,23-24,26-30,36,38-39H,1,5,7-8,11-12,15-22H2,2-3H3,(H,34,41)(H,35,40)/t26-,27-,28+,29?,30+/m0/s1. The Bertz CT molecular complexity index is 1250. The van der Waals surface area contributed by atoms with Crippen LogP contribution in [0.2, 0.25) is 0 Å². The third kappa shape index (κ3) is 12.6. The zero-order valence-corrected chi connectivity index (χ0v) is 28.3. The topological polar surface area (TPSA) is 184 Å². The molecule has 5 N–H and O–H groups in total. The molecule has 14 heteroatoms. The number of nitrogens with one attached hydrogen (secondary N) is 3. The predicted molar refractivity (Wildman–Crippen MR) is 176 cm³/mol. The van der Waals surface area contributed by atoms with Gasteiger partial charge in [-0.1, -0.05) is 88.9 Å². The molecule has 2 amide bonds. The summed E-state index contributed by atoms with van der Waals surface area (Å²) in [5, 5.41) is 27.1. The van der Waals surface area contributed by atoms with Crippen LogP contribution < -0.4 is 15.4 Å². The number of nitrogens with zero attached hydrogens (tertiary/aromatic N) is 1. The summed E-state index contributed by atoms with van der Waals surface area (Å²) < 4.78 is 40.6. The van der Waals surface area contributed by atoms with Gasteiger partial charge in [0.15, 0.2) is 0 Å². The van der Waals surface area contributed by atoms with Gasteiger partial charge in [0.05, 0.1) is 25.4 Å². The number of aliphatic hydroxyl groups is 2. The lowest BCUT2D eigenvalue weighted by atomic mass is 9.82. The summed E-state index contributed by atoms with van der Waals surface area (Å²) in [5.41, 5.74) is 0.641. The Morgan fingerprint density at radius 1 is 1.04 bits per heavy atom. The Morgan fingerprint density at radius 3 is 2.32 bits per heavy atom. The second kappa shape index (κ2) is 19.2. The van der Waals surface area contributed by atoms with Gasteiger partial charge in [-0.2, -0.15) is 17.4 Å². The van der Waals surface area contributed by atoms with Gasteiger partial charge in [-0.25, -0.2) is 4.79 Å². The third-order valence-corrected chi connectivity index (χ3v) is 10.1. The summed E-state index contributed by atoms with van der Waals surface area (Å²) in [6.45, 7) is 7.70. The van der Waals surface area contributed by atoms with E-state index < -0.39 is 58.3 Å². The van der Waals surface area contributed by atoms with Crippen molar-refractivity contribution in [2.24, 2.45) is 11.8 Å². The van der Waals surface area contributed by atoms with Crippen molar-refractivity contribution in [2.45, 2.75) is 95.5 Å². The van der Waals surface area contributed by atoms with E-state index in [1.54, 1.807) is 30.3 Å². The van der Waals surface area contributed by atoms with E-state index in [0.29, 0.717) is 18.4 Å². The van der Waals surface area contributed by atoms with Crippen molar-refractivity contribution in [1.29, 1.82) is 0 Å². The van der Waals surface area contributed by atoms with Gasteiger partial charge in [0.25, 0.3) is 16.1 Å². The van der Waals surface area contributed by atoms with Crippen molar-refractivity contribution in [1.82, 2.24) is 19.7 Å². The van der Waals surface area contributed by atoms with Crippen LogP contribution in [0.25, 0.3) is 0 Å². The summed E-state index contributed by atoms with van der Waals surface area (Å²) in [7, 11) is -4.15. The molecule has 1 aliphatic carbocycles. The van der Waals surface area contributed by atoms with Gasteiger partial charge < -0.3 is 30.3 Å². The first-order valence-electron chi connectivity index (χ1n) is 16.5. The summed E-state index contributed by atoms with van der Waals surface area (Å²) in [6.07, 6.45) is 4.41. The number of aliphatic hydroxyl groups excluding tert-OH is 2. The summed E-state index contributed by atoms with van der Waals surface area (Å²) in [6, 6.07) is 4.54. The van der Waals surface area contributed by atoms with Crippen molar-refractivity contribution >= 4 is 28.0 Å². The Labute approximate surface area is 278 Å². The molecule has 0 radical (unpaired) electrons. The van der Waals surface area contributed by atoms with Crippen LogP contribution in [-0.2, 0) is 40.5 Å². The van der Waals surface area contributed by atoms with Crippen molar-refractivity contribution < 1.29 is 42.5 Å². The van der Waals surface area contributed by atoms with Gasteiger partial charge in [0, 0.05) is 13.1 Å². The van der Waals surface area contributed by atoms with E-state index in [-0.39, 0.29) is 51.2 Å². The number of morpholine rings is 1. The average molecular weight is 681 g/mol. The fourth-order valence-corrected chi connectivity index (χ4v) is 7.33. The van der Waals surface area contributed by atoms with Gasteiger partial charge >= 0.3 is 5.97 Å². The van der Waals surface area contributed by atoms with E-state index in [2.05, 4.69) is 21.9 Å². The molecular weight excluding hydrogens is 628 g/mol. The average Bonchev–Trinajstić information content (AvgIpc) is 3.05. The number of hydrogen-bond donors (Lipinski definition) is 5. The van der Waals surface area contributed by atoms with Crippen LogP contribution >= 0.6 is 0 Å². The highest BCUT2D eigenvalue weighted by atomic mass is 32.2. The highest BCUT2D eigenvalue weighted by Gasteiger charge is 2.38. The molecule has 264 valence electrons. The molecule has 5 atom stereocenters. The Morgan fingerprint density at radius 2 is 1.70 bits per heavy atom. The van der Waals surface area contributed by atoms with Crippen LogP contribution in [0, 0.1) is 11.8 Å². The van der Waals surface area contributed by atoms with E-state index in [1.165, 1.54) is 10.4 Å². The first-order chi connectivity index (χ1) is 22.4. The number of hydrogen-bond acceptors (Lipinski definition) is 9. The summed E-state index contributed by atoms with van der Waals surface area (Å²) in [4.78, 5) is 40.8. The molecule has 47 heavy (non-hydrogen) atoms. The summed E-state index contributed by atoms with van der Waals surface area (Å²) in [5.74, 6) is -2.68. The second-order valence-electron chi connectivity index (χ2n) is 12.8. The fraction of sp³-hybridized carbons (Fsp3) is 0.667. The predicted octanol–water partition coefficient (Wildman–Crippen LogP) is 1.20. The quantitative estimate of drug-likeness (QED) is 0.0864. The number of esters is 1. The maximum absolute atomic E-state index is 13.8. The smallest absolute Gasteiger partial charge is 0.338 e. The van der Waals surface area contributed by atoms with E-state index >= 15 is 0 Å². The molecule has 3 rings (SSSR count). The molecule has 1 aromatic rings. The molecule has 1 unspecified atom stereocenters. The molecule has 13 nitrogen and oxygen atoms in total. The molecule has 2 fully saturated rings. The first kappa shape index (κ1) is 38.6. The van der Waals surface area contributed by atoms with Crippen molar-refractivity contribution in [3.63, 3.8) is 0 Å². The molecule has 0 bridgehead atoms. The van der Waals surface area contributed by atoms with E-state index in [9.17, 15) is 33.0 Å². The molecule has 2 aliphatic rings. The van der Waals surface area contributed by atoms with Gasteiger partial charge in [0.1, 0.15) is 18.8 Å². The lowest BCUT2D eigenvalue weighted by Gasteiger charge is -2.33. The van der Waals surface area contributed by atoms with Gasteiger partial charge in [-0.3, -0.25) is 9.59 Å². The monoisotopic (exact) mass is 680 g/mol. The largest absolute Gasteiger partial charge is 0.460 e. The fourth-order valence-electron chi connectivity index (χ4n) is 6.00. The van der Waals surface area contributed by atoms with Crippen LogP contribution in [-0.4, -0.2) is 104 Å². The molecule has 0 aromatic heterocycles. The molecule has 1 aliphatic heterocycles. The normalized spacial score (nSPS) is 19.6. The van der Waals surface area contributed by atoms with Crippen molar-refractivity contribution in [3.05, 3.63) is 48.6 Å². The zero-order chi connectivity index (χ0) is 34.4. The number of ether oxygens (including phenoxy) is 2. The lowest BCUT2D eigenvalue weighted by molar-refractivity contribution is -0.151. The number of carbonyl (C=O) groups excluding carboxylic acids is 3. The SMILES string of the molecule is C=CCOC(=O)C(NC(=O)[C@H](Cc1ccccc1)NS(=O)(=O)N1CCOCC1)C(=O)N[C@@H](CC1CCCCC1)[C@@H](O)[C@H](O)CC(C)C. The van der Waals surface area contributed by atoms with Gasteiger partial charge in [0.2, 0.25) is 11.9 Å². The molecule has 1 saturated heterocycles. The van der Waals surface area contributed by atoms with Crippen LogP contribution in [0.1, 0.15) is 64.4 Å². The third-order valence-electron chi connectivity index (χ3n) is 8.49. The van der Waals surface area contributed by atoms with Crippen LogP contribution in [0.3, 0.4) is 0 Å². The molecule has 1 aromatic carbocycles. The van der Waals surface area contributed by atoms with Crippen LogP contribution in [0.15, 0.2) is 43.0 Å². The molecular formula is C33H52N4O9S. The first-order valence-corrected chi connectivity index (χ1v) is 18.0.